The van der Waals surface area contributed by atoms with Gasteiger partial charge in [-0.15, -0.1) is 0 Å². The highest BCUT2D eigenvalue weighted by molar-refractivity contribution is 5.69. The number of hydrogen-bond donors (Lipinski definition) is 1. The van der Waals surface area contributed by atoms with Crippen molar-refractivity contribution in [2.75, 3.05) is 0 Å². The number of hydrogen-bond acceptors (Lipinski definition) is 3. The molecule has 37 heavy (non-hydrogen) atoms. The summed E-state index contributed by atoms with van der Waals surface area (Å²) in [5, 5.41) is 8.94. The first-order chi connectivity index (χ1) is 18.1. The number of esters is 1. The molecule has 1 atom stereocenters. The number of rotatable bonds is 30. The van der Waals surface area contributed by atoms with Gasteiger partial charge in [-0.05, 0) is 32.1 Å². The van der Waals surface area contributed by atoms with Crippen molar-refractivity contribution in [3.63, 3.8) is 0 Å². The molecular formula is C33H64O4. The van der Waals surface area contributed by atoms with Crippen molar-refractivity contribution in [1.82, 2.24) is 0 Å². The number of carboxylic acids is 1. The number of unbranched alkanes of at least 4 members (excludes halogenated alkanes) is 21. The van der Waals surface area contributed by atoms with Gasteiger partial charge in [0.1, 0.15) is 6.10 Å². The molecule has 4 nitrogen and oxygen atoms in total. The molecular weight excluding hydrogens is 460 g/mol. The maximum absolute atomic E-state index is 12.4. The summed E-state index contributed by atoms with van der Waals surface area (Å²) in [5.41, 5.74) is 0. The summed E-state index contributed by atoms with van der Waals surface area (Å²) in [6.07, 6.45) is 32.5. The van der Waals surface area contributed by atoms with Crippen molar-refractivity contribution in [2.24, 2.45) is 0 Å². The topological polar surface area (TPSA) is 63.6 Å². The molecule has 0 spiro atoms. The molecule has 0 aromatic rings. The molecule has 0 heterocycles. The minimum absolute atomic E-state index is 0.0883. The van der Waals surface area contributed by atoms with Crippen molar-refractivity contribution in [3.05, 3.63) is 0 Å². The summed E-state index contributed by atoms with van der Waals surface area (Å²) < 4.78 is 5.78. The van der Waals surface area contributed by atoms with E-state index in [4.69, 9.17) is 9.84 Å². The fraction of sp³-hybridized carbons (Fsp3) is 0.939. The van der Waals surface area contributed by atoms with Crippen LogP contribution in [0.2, 0.25) is 0 Å². The summed E-state index contributed by atoms with van der Waals surface area (Å²) in [6, 6.07) is 0. The van der Waals surface area contributed by atoms with Gasteiger partial charge in [0.05, 0.1) is 0 Å². The summed E-state index contributed by atoms with van der Waals surface area (Å²) in [6.45, 7) is 4.52. The van der Waals surface area contributed by atoms with E-state index in [-0.39, 0.29) is 18.5 Å². The average Bonchev–Trinajstić information content (AvgIpc) is 2.87. The van der Waals surface area contributed by atoms with Gasteiger partial charge >= 0.3 is 11.9 Å². The summed E-state index contributed by atoms with van der Waals surface area (Å²) in [7, 11) is 0. The largest absolute Gasteiger partial charge is 0.481 e. The smallest absolute Gasteiger partial charge is 0.306 e. The Balaban J connectivity index is 3.75. The SMILES string of the molecule is CCCCCCCCCCCCCCCCCC(=O)OC(CCCCCCCCCC)CCCC(=O)O. The van der Waals surface area contributed by atoms with Gasteiger partial charge in [0.15, 0.2) is 0 Å². The van der Waals surface area contributed by atoms with Gasteiger partial charge in [-0.2, -0.15) is 0 Å². The van der Waals surface area contributed by atoms with Gasteiger partial charge in [0.2, 0.25) is 0 Å². The second kappa shape index (κ2) is 29.5. The van der Waals surface area contributed by atoms with E-state index in [9.17, 15) is 9.59 Å². The molecule has 0 saturated carbocycles. The maximum atomic E-state index is 12.4. The van der Waals surface area contributed by atoms with E-state index < -0.39 is 5.97 Å². The Bertz CT molecular complexity index is 491. The predicted molar refractivity (Wildman–Crippen MR) is 158 cm³/mol. The molecule has 0 aromatic carbocycles. The molecule has 0 saturated heterocycles. The first-order valence-electron chi connectivity index (χ1n) is 16.5. The lowest BCUT2D eigenvalue weighted by Crippen LogP contribution is -2.18. The maximum Gasteiger partial charge on any atom is 0.306 e. The van der Waals surface area contributed by atoms with Gasteiger partial charge < -0.3 is 9.84 Å². The van der Waals surface area contributed by atoms with E-state index in [0.717, 1.165) is 25.7 Å². The van der Waals surface area contributed by atoms with Crippen LogP contribution >= 0.6 is 0 Å². The van der Waals surface area contributed by atoms with Crippen molar-refractivity contribution in [2.45, 2.75) is 200 Å². The fourth-order valence-electron chi connectivity index (χ4n) is 5.13. The third-order valence-corrected chi connectivity index (χ3v) is 7.58. The molecule has 4 heteroatoms. The zero-order chi connectivity index (χ0) is 27.2. The zero-order valence-corrected chi connectivity index (χ0v) is 25.0. The Kier molecular flexibility index (Phi) is 28.7. The monoisotopic (exact) mass is 524 g/mol. The predicted octanol–water partition coefficient (Wildman–Crippen LogP) is 10.9. The molecule has 0 aromatic heterocycles. The minimum atomic E-state index is -0.769. The summed E-state index contributed by atoms with van der Waals surface area (Å²) in [5.74, 6) is -0.857. The van der Waals surface area contributed by atoms with E-state index >= 15 is 0 Å². The Morgan fingerprint density at radius 1 is 0.486 bits per heavy atom. The second-order valence-electron chi connectivity index (χ2n) is 11.4. The van der Waals surface area contributed by atoms with Crippen LogP contribution in [0.5, 0.6) is 0 Å². The number of carbonyl (C=O) groups excluding carboxylic acids is 1. The van der Waals surface area contributed by atoms with E-state index in [1.807, 2.05) is 0 Å². The Morgan fingerprint density at radius 3 is 1.24 bits per heavy atom. The van der Waals surface area contributed by atoms with Gasteiger partial charge in [0, 0.05) is 12.8 Å². The van der Waals surface area contributed by atoms with E-state index in [0.29, 0.717) is 19.3 Å². The first-order valence-corrected chi connectivity index (χ1v) is 16.5. The molecule has 0 aliphatic rings. The Labute approximate surface area is 231 Å². The van der Waals surface area contributed by atoms with Crippen LogP contribution in [0.3, 0.4) is 0 Å². The van der Waals surface area contributed by atoms with Crippen LogP contribution in [0.1, 0.15) is 194 Å². The quantitative estimate of drug-likeness (QED) is 0.0749. The molecule has 0 fully saturated rings. The fourth-order valence-corrected chi connectivity index (χ4v) is 5.13. The lowest BCUT2D eigenvalue weighted by Gasteiger charge is -2.18. The van der Waals surface area contributed by atoms with Crippen molar-refractivity contribution in [1.29, 1.82) is 0 Å². The molecule has 220 valence electrons. The molecule has 0 rings (SSSR count). The molecule has 0 radical (unpaired) electrons. The molecule has 1 unspecified atom stereocenters. The van der Waals surface area contributed by atoms with Crippen molar-refractivity contribution in [3.8, 4) is 0 Å². The first kappa shape index (κ1) is 35.9. The van der Waals surface area contributed by atoms with Gasteiger partial charge in [-0.25, -0.2) is 0 Å². The molecule has 0 amide bonds. The zero-order valence-electron chi connectivity index (χ0n) is 25.0. The number of carbonyl (C=O) groups is 2. The lowest BCUT2D eigenvalue weighted by molar-refractivity contribution is -0.150. The third kappa shape index (κ3) is 29.4. The molecule has 1 N–H and O–H groups in total. The van der Waals surface area contributed by atoms with Crippen LogP contribution in [0.25, 0.3) is 0 Å². The number of ether oxygens (including phenoxy) is 1. The molecule has 0 aliphatic heterocycles. The normalized spacial score (nSPS) is 12.1. The van der Waals surface area contributed by atoms with Crippen LogP contribution in [0.4, 0.5) is 0 Å². The van der Waals surface area contributed by atoms with Gasteiger partial charge in [0.25, 0.3) is 0 Å². The standard InChI is InChI=1S/C33H64O4/c1-3-5-7-9-11-13-14-15-16-17-18-19-21-23-25-30-33(36)37-31(28-26-29-32(34)35)27-24-22-20-12-10-8-6-4-2/h31H,3-30H2,1-2H3,(H,34,35). The highest BCUT2D eigenvalue weighted by atomic mass is 16.5. The summed E-state index contributed by atoms with van der Waals surface area (Å²) >= 11 is 0. The number of carboxylic acid groups (broad SMARTS) is 1. The average molecular weight is 525 g/mol. The number of aliphatic carboxylic acids is 1. The lowest BCUT2D eigenvalue weighted by atomic mass is 10.0. The highest BCUT2D eigenvalue weighted by Gasteiger charge is 2.15. The van der Waals surface area contributed by atoms with Crippen LogP contribution in [0.15, 0.2) is 0 Å². The van der Waals surface area contributed by atoms with Crippen molar-refractivity contribution < 1.29 is 19.4 Å². The Hall–Kier alpha value is -1.06. The van der Waals surface area contributed by atoms with Crippen LogP contribution in [-0.2, 0) is 14.3 Å². The molecule has 0 bridgehead atoms. The van der Waals surface area contributed by atoms with Crippen LogP contribution in [-0.4, -0.2) is 23.1 Å². The van der Waals surface area contributed by atoms with Crippen molar-refractivity contribution >= 4 is 11.9 Å². The highest BCUT2D eigenvalue weighted by Crippen LogP contribution is 2.18. The Morgan fingerprint density at radius 2 is 0.838 bits per heavy atom. The van der Waals surface area contributed by atoms with Gasteiger partial charge in [-0.3, -0.25) is 9.59 Å². The van der Waals surface area contributed by atoms with Crippen LogP contribution < -0.4 is 0 Å². The summed E-state index contributed by atoms with van der Waals surface area (Å²) in [4.78, 5) is 23.3. The molecule has 0 aliphatic carbocycles. The third-order valence-electron chi connectivity index (χ3n) is 7.58. The van der Waals surface area contributed by atoms with Crippen LogP contribution in [0, 0.1) is 0 Å². The van der Waals surface area contributed by atoms with Gasteiger partial charge in [-0.1, -0.05) is 149 Å². The second-order valence-corrected chi connectivity index (χ2v) is 11.4. The van der Waals surface area contributed by atoms with E-state index in [1.165, 1.54) is 128 Å². The van der Waals surface area contributed by atoms with E-state index in [2.05, 4.69) is 13.8 Å². The van der Waals surface area contributed by atoms with E-state index in [1.54, 1.807) is 0 Å². The minimum Gasteiger partial charge on any atom is -0.481 e.